The highest BCUT2D eigenvalue weighted by molar-refractivity contribution is 7.26. The summed E-state index contributed by atoms with van der Waals surface area (Å²) in [4.78, 5) is 0. The van der Waals surface area contributed by atoms with E-state index in [-0.39, 0.29) is 0 Å². The van der Waals surface area contributed by atoms with E-state index in [1.54, 1.807) is 0 Å². The fraction of sp³-hybridized carbons (Fsp3) is 0. The van der Waals surface area contributed by atoms with Crippen molar-refractivity contribution in [1.29, 1.82) is 0 Å². The van der Waals surface area contributed by atoms with E-state index in [1.807, 2.05) is 11.3 Å². The zero-order chi connectivity index (χ0) is 28.1. The number of benzene rings is 8. The van der Waals surface area contributed by atoms with E-state index in [0.717, 1.165) is 0 Å². The molecule has 0 saturated heterocycles. The minimum absolute atomic E-state index is 1.27. The summed E-state index contributed by atoms with van der Waals surface area (Å²) in [6.45, 7) is 0. The molecule has 1 aromatic heterocycles. The maximum Gasteiger partial charge on any atom is 0.0433 e. The second kappa shape index (κ2) is 8.64. The minimum atomic E-state index is 1.27. The molecule has 0 bridgehead atoms. The first-order valence-corrected chi connectivity index (χ1v) is 15.7. The monoisotopic (exact) mass is 560 g/mol. The molecule has 0 aliphatic rings. The zero-order valence-electron chi connectivity index (χ0n) is 23.3. The lowest BCUT2D eigenvalue weighted by atomic mass is 9.86. The second-order valence-electron chi connectivity index (χ2n) is 11.6. The van der Waals surface area contributed by atoms with Gasteiger partial charge in [-0.15, -0.1) is 11.3 Å². The fourth-order valence-corrected chi connectivity index (χ4v) is 8.83. The van der Waals surface area contributed by atoms with Crippen molar-refractivity contribution in [3.63, 3.8) is 0 Å². The molecule has 1 heterocycles. The van der Waals surface area contributed by atoms with E-state index in [4.69, 9.17) is 0 Å². The molecule has 0 nitrogen and oxygen atoms in total. The predicted molar refractivity (Wildman–Crippen MR) is 190 cm³/mol. The first-order valence-electron chi connectivity index (χ1n) is 14.9. The molecule has 0 spiro atoms. The lowest BCUT2D eigenvalue weighted by Gasteiger charge is -2.17. The van der Waals surface area contributed by atoms with Crippen molar-refractivity contribution in [1.82, 2.24) is 0 Å². The summed E-state index contributed by atoms with van der Waals surface area (Å²) in [5.74, 6) is 0. The van der Waals surface area contributed by atoms with Crippen LogP contribution in [-0.4, -0.2) is 0 Å². The predicted octanol–water partition coefficient (Wildman–Crippen LogP) is 12.6. The Bertz CT molecular complexity index is 2780. The van der Waals surface area contributed by atoms with Gasteiger partial charge in [0.25, 0.3) is 0 Å². The summed E-state index contributed by atoms with van der Waals surface area (Å²) in [6.07, 6.45) is 0. The van der Waals surface area contributed by atoms with E-state index in [0.29, 0.717) is 0 Å². The van der Waals surface area contributed by atoms with E-state index in [1.165, 1.54) is 95.9 Å². The number of fused-ring (bicyclic) bond motifs is 11. The summed E-state index contributed by atoms with van der Waals surface area (Å²) < 4.78 is 2.70. The van der Waals surface area contributed by atoms with Crippen molar-refractivity contribution < 1.29 is 0 Å². The number of hydrogen-bond donors (Lipinski definition) is 0. The summed E-state index contributed by atoms with van der Waals surface area (Å²) >= 11 is 1.90. The smallest absolute Gasteiger partial charge is 0.0433 e. The van der Waals surface area contributed by atoms with E-state index in [9.17, 15) is 0 Å². The van der Waals surface area contributed by atoms with E-state index >= 15 is 0 Å². The molecule has 9 aromatic carbocycles. The molecule has 0 N–H and O–H groups in total. The molecule has 0 radical (unpaired) electrons. The van der Waals surface area contributed by atoms with Crippen LogP contribution in [0, 0.1) is 0 Å². The van der Waals surface area contributed by atoms with Gasteiger partial charge in [-0.25, -0.2) is 0 Å². The van der Waals surface area contributed by atoms with Gasteiger partial charge in [-0.1, -0.05) is 133 Å². The van der Waals surface area contributed by atoms with E-state index in [2.05, 4.69) is 146 Å². The van der Waals surface area contributed by atoms with Crippen LogP contribution in [0.5, 0.6) is 0 Å². The van der Waals surface area contributed by atoms with Crippen LogP contribution in [0.3, 0.4) is 0 Å². The second-order valence-corrected chi connectivity index (χ2v) is 12.6. The molecule has 198 valence electrons. The third-order valence-corrected chi connectivity index (χ3v) is 10.6. The molecule has 0 aliphatic carbocycles. The minimum Gasteiger partial charge on any atom is -0.135 e. The summed E-state index contributed by atoms with van der Waals surface area (Å²) in [6, 6.07) is 54.3. The molecule has 10 aromatic rings. The normalized spacial score (nSPS) is 12.2. The maximum absolute atomic E-state index is 2.44. The topological polar surface area (TPSA) is 0 Å². The van der Waals surface area contributed by atoms with Crippen molar-refractivity contribution in [2.24, 2.45) is 0 Å². The van der Waals surface area contributed by atoms with Crippen molar-refractivity contribution in [3.05, 3.63) is 146 Å². The average molecular weight is 561 g/mol. The van der Waals surface area contributed by atoms with Gasteiger partial charge in [-0.05, 0) is 87.9 Å². The average Bonchev–Trinajstić information content (AvgIpc) is 3.46. The first kappa shape index (κ1) is 23.3. The highest BCUT2D eigenvalue weighted by Crippen LogP contribution is 2.46. The van der Waals surface area contributed by atoms with Gasteiger partial charge in [0.05, 0.1) is 0 Å². The Morgan fingerprint density at radius 1 is 0.302 bits per heavy atom. The Morgan fingerprint density at radius 3 is 1.37 bits per heavy atom. The molecular weight excluding hydrogens is 537 g/mol. The van der Waals surface area contributed by atoms with Crippen LogP contribution in [0.2, 0.25) is 0 Å². The highest BCUT2D eigenvalue weighted by Gasteiger charge is 2.17. The molecule has 0 fully saturated rings. The van der Waals surface area contributed by atoms with Gasteiger partial charge in [-0.2, -0.15) is 0 Å². The van der Waals surface area contributed by atoms with Gasteiger partial charge in [0, 0.05) is 20.2 Å². The molecule has 10 rings (SSSR count). The largest absolute Gasteiger partial charge is 0.135 e. The van der Waals surface area contributed by atoms with Crippen molar-refractivity contribution in [2.75, 3.05) is 0 Å². The molecule has 0 amide bonds. The summed E-state index contributed by atoms with van der Waals surface area (Å²) in [7, 11) is 0. The number of thiophene rings is 1. The molecule has 0 unspecified atom stereocenters. The Balaban J connectivity index is 1.42. The standard InChI is InChI=1S/C42H24S/c1-3-12-29-27(10-1)28-11-2-4-13-30(28)34-17-9-19-36-38-24-25(22-23-31(38)35-18-8-16-33(29)40(35)41(34)36)26-15-7-20-37-32-14-5-6-21-39(32)43-42(26)37/h1-24H. The van der Waals surface area contributed by atoms with Gasteiger partial charge in [0.1, 0.15) is 0 Å². The SMILES string of the molecule is c1ccc2c(c1)sc1c(-c3ccc4c(c3)c3cccc5c6ccccc6c6ccccc6c6cccc4c6c53)cccc12. The Morgan fingerprint density at radius 2 is 0.744 bits per heavy atom. The van der Waals surface area contributed by atoms with Crippen LogP contribution in [-0.2, 0) is 0 Å². The van der Waals surface area contributed by atoms with E-state index < -0.39 is 0 Å². The van der Waals surface area contributed by atoms with Crippen LogP contribution in [0.1, 0.15) is 0 Å². The van der Waals surface area contributed by atoms with Gasteiger partial charge in [0.15, 0.2) is 0 Å². The van der Waals surface area contributed by atoms with Crippen LogP contribution in [0.25, 0.3) is 95.9 Å². The Hall–Kier alpha value is -5.24. The summed E-state index contributed by atoms with van der Waals surface area (Å²) in [5, 5.41) is 18.4. The maximum atomic E-state index is 2.44. The van der Waals surface area contributed by atoms with Crippen molar-refractivity contribution >= 4 is 96.1 Å². The lowest BCUT2D eigenvalue weighted by molar-refractivity contribution is 1.73. The first-order chi connectivity index (χ1) is 21.3. The molecule has 1 heteroatoms. The van der Waals surface area contributed by atoms with Gasteiger partial charge >= 0.3 is 0 Å². The van der Waals surface area contributed by atoms with Gasteiger partial charge in [-0.3, -0.25) is 0 Å². The van der Waals surface area contributed by atoms with Gasteiger partial charge < -0.3 is 0 Å². The number of rotatable bonds is 1. The molecular formula is C42H24S. The highest BCUT2D eigenvalue weighted by atomic mass is 32.1. The zero-order valence-corrected chi connectivity index (χ0v) is 24.1. The third-order valence-electron chi connectivity index (χ3n) is 9.42. The Kier molecular flexibility index (Phi) is 4.69. The lowest BCUT2D eigenvalue weighted by Crippen LogP contribution is -1.89. The van der Waals surface area contributed by atoms with Crippen LogP contribution in [0.4, 0.5) is 0 Å². The molecule has 43 heavy (non-hydrogen) atoms. The van der Waals surface area contributed by atoms with Crippen molar-refractivity contribution in [2.45, 2.75) is 0 Å². The van der Waals surface area contributed by atoms with Crippen LogP contribution < -0.4 is 0 Å². The van der Waals surface area contributed by atoms with Crippen LogP contribution >= 0.6 is 11.3 Å². The van der Waals surface area contributed by atoms with Crippen molar-refractivity contribution in [3.8, 4) is 11.1 Å². The van der Waals surface area contributed by atoms with Crippen LogP contribution in [0.15, 0.2) is 146 Å². The molecule has 0 atom stereocenters. The fourth-order valence-electron chi connectivity index (χ4n) is 7.59. The molecule has 0 saturated carbocycles. The quantitative estimate of drug-likeness (QED) is 0.175. The summed E-state index contributed by atoms with van der Waals surface area (Å²) in [5.41, 5.74) is 2.57. The Labute approximate surface area is 252 Å². The van der Waals surface area contributed by atoms with Gasteiger partial charge in [0.2, 0.25) is 0 Å². The third kappa shape index (κ3) is 3.15. The number of hydrogen-bond acceptors (Lipinski definition) is 1. The molecule has 0 aliphatic heterocycles.